The number of aryl methyl sites for hydroxylation is 1. The molecule has 0 aliphatic heterocycles. The van der Waals surface area contributed by atoms with Gasteiger partial charge in [-0.3, -0.25) is 14.8 Å². The minimum absolute atomic E-state index is 0.168. The number of ether oxygens (including phenoxy) is 1. The number of nitrogens with zero attached hydrogens (tertiary/aromatic N) is 2. The molecule has 5 nitrogen and oxygen atoms in total. The molecule has 0 aromatic carbocycles. The molecule has 1 aromatic rings. The fourth-order valence-corrected chi connectivity index (χ4v) is 2.18. The standard InChI is InChI=1S/C14H21N3O2/c1-4-7-17-9-12(10(2)16-17)8-15-13(11-5-6-11)14(18)19-3/h4,9,11,13,15H,1,5-8H2,2-3H3/t13-/m0/s1. The highest BCUT2D eigenvalue weighted by Gasteiger charge is 2.36. The van der Waals surface area contributed by atoms with Crippen LogP contribution in [0.4, 0.5) is 0 Å². The Morgan fingerprint density at radius 3 is 3.05 bits per heavy atom. The molecular weight excluding hydrogens is 242 g/mol. The van der Waals surface area contributed by atoms with Gasteiger partial charge >= 0.3 is 5.97 Å². The van der Waals surface area contributed by atoms with Gasteiger partial charge in [-0.1, -0.05) is 6.08 Å². The molecule has 104 valence electrons. The third-order valence-electron chi connectivity index (χ3n) is 3.43. The number of esters is 1. The first-order chi connectivity index (χ1) is 9.15. The molecule has 1 heterocycles. The maximum Gasteiger partial charge on any atom is 0.323 e. The summed E-state index contributed by atoms with van der Waals surface area (Å²) in [6.45, 7) is 7.01. The average molecular weight is 263 g/mol. The highest BCUT2D eigenvalue weighted by atomic mass is 16.5. The fraction of sp³-hybridized carbons (Fsp3) is 0.571. The Morgan fingerprint density at radius 2 is 2.47 bits per heavy atom. The van der Waals surface area contributed by atoms with Gasteiger partial charge in [0.15, 0.2) is 0 Å². The number of carbonyl (C=O) groups is 1. The normalized spacial score (nSPS) is 16.1. The molecular formula is C14H21N3O2. The molecule has 19 heavy (non-hydrogen) atoms. The van der Waals surface area contributed by atoms with Gasteiger partial charge in [0, 0.05) is 18.3 Å². The van der Waals surface area contributed by atoms with E-state index in [-0.39, 0.29) is 12.0 Å². The smallest absolute Gasteiger partial charge is 0.323 e. The zero-order valence-corrected chi connectivity index (χ0v) is 11.6. The first-order valence-corrected chi connectivity index (χ1v) is 6.60. The molecule has 0 spiro atoms. The number of allylic oxidation sites excluding steroid dienone is 1. The van der Waals surface area contributed by atoms with Crippen LogP contribution in [0.5, 0.6) is 0 Å². The lowest BCUT2D eigenvalue weighted by Gasteiger charge is -2.15. The summed E-state index contributed by atoms with van der Waals surface area (Å²) in [4.78, 5) is 11.7. The zero-order chi connectivity index (χ0) is 13.8. The van der Waals surface area contributed by atoms with Crippen molar-refractivity contribution in [1.82, 2.24) is 15.1 Å². The van der Waals surface area contributed by atoms with Crippen molar-refractivity contribution in [3.8, 4) is 0 Å². The first kappa shape index (κ1) is 13.8. The Hall–Kier alpha value is -1.62. The Morgan fingerprint density at radius 1 is 1.74 bits per heavy atom. The van der Waals surface area contributed by atoms with Crippen LogP contribution >= 0.6 is 0 Å². The summed E-state index contributed by atoms with van der Waals surface area (Å²) in [7, 11) is 1.44. The summed E-state index contributed by atoms with van der Waals surface area (Å²) in [5.41, 5.74) is 2.09. The van der Waals surface area contributed by atoms with Crippen molar-refractivity contribution in [1.29, 1.82) is 0 Å². The molecule has 2 rings (SSSR count). The van der Waals surface area contributed by atoms with Crippen LogP contribution in [0.25, 0.3) is 0 Å². The summed E-state index contributed by atoms with van der Waals surface area (Å²) in [5.74, 6) is 0.259. The molecule has 1 N–H and O–H groups in total. The van der Waals surface area contributed by atoms with E-state index in [2.05, 4.69) is 17.0 Å². The van der Waals surface area contributed by atoms with E-state index >= 15 is 0 Å². The van der Waals surface area contributed by atoms with Gasteiger partial charge in [0.1, 0.15) is 6.04 Å². The van der Waals surface area contributed by atoms with Crippen molar-refractivity contribution >= 4 is 5.97 Å². The van der Waals surface area contributed by atoms with Gasteiger partial charge in [0.05, 0.1) is 19.3 Å². The zero-order valence-electron chi connectivity index (χ0n) is 11.6. The maximum absolute atomic E-state index is 11.7. The largest absolute Gasteiger partial charge is 0.468 e. The van der Waals surface area contributed by atoms with Crippen molar-refractivity contribution in [2.45, 2.75) is 38.9 Å². The third-order valence-corrected chi connectivity index (χ3v) is 3.43. The Bertz CT molecular complexity index is 463. The second kappa shape index (κ2) is 6.02. The monoisotopic (exact) mass is 263 g/mol. The summed E-state index contributed by atoms with van der Waals surface area (Å²) in [6.07, 6.45) is 6.00. The minimum Gasteiger partial charge on any atom is -0.468 e. The van der Waals surface area contributed by atoms with Crippen molar-refractivity contribution in [2.75, 3.05) is 7.11 Å². The average Bonchev–Trinajstić information content (AvgIpc) is 3.16. The van der Waals surface area contributed by atoms with E-state index in [9.17, 15) is 4.79 Å². The summed E-state index contributed by atoms with van der Waals surface area (Å²) in [5, 5.41) is 7.68. The number of hydrogen-bond acceptors (Lipinski definition) is 4. The first-order valence-electron chi connectivity index (χ1n) is 6.60. The van der Waals surface area contributed by atoms with Crippen LogP contribution in [-0.2, 0) is 22.6 Å². The lowest BCUT2D eigenvalue weighted by Crippen LogP contribution is -2.39. The highest BCUT2D eigenvalue weighted by molar-refractivity contribution is 5.76. The van der Waals surface area contributed by atoms with E-state index in [1.165, 1.54) is 7.11 Å². The lowest BCUT2D eigenvalue weighted by molar-refractivity contribution is -0.143. The van der Waals surface area contributed by atoms with Crippen molar-refractivity contribution in [2.24, 2.45) is 5.92 Å². The number of nitrogens with one attached hydrogen (secondary N) is 1. The van der Waals surface area contributed by atoms with E-state index in [1.54, 1.807) is 0 Å². The molecule has 1 aromatic heterocycles. The molecule has 0 bridgehead atoms. The fourth-order valence-electron chi connectivity index (χ4n) is 2.18. The van der Waals surface area contributed by atoms with Crippen LogP contribution in [-0.4, -0.2) is 28.9 Å². The number of aromatic nitrogens is 2. The molecule has 0 amide bonds. The van der Waals surface area contributed by atoms with E-state index in [0.717, 1.165) is 24.1 Å². The van der Waals surface area contributed by atoms with Gasteiger partial charge in [-0.05, 0) is 25.7 Å². The molecule has 0 unspecified atom stereocenters. The molecule has 1 saturated carbocycles. The van der Waals surface area contributed by atoms with E-state index in [4.69, 9.17) is 4.74 Å². The van der Waals surface area contributed by atoms with Crippen molar-refractivity contribution in [3.05, 3.63) is 30.1 Å². The molecule has 1 aliphatic carbocycles. The predicted octanol–water partition coefficient (Wildman–Crippen LogP) is 1.42. The lowest BCUT2D eigenvalue weighted by atomic mass is 10.1. The quantitative estimate of drug-likeness (QED) is 0.597. The Labute approximate surface area is 113 Å². The molecule has 0 saturated heterocycles. The second-order valence-electron chi connectivity index (χ2n) is 4.97. The van der Waals surface area contributed by atoms with Crippen LogP contribution in [0.15, 0.2) is 18.9 Å². The summed E-state index contributed by atoms with van der Waals surface area (Å²) >= 11 is 0. The molecule has 0 radical (unpaired) electrons. The number of rotatable bonds is 7. The number of carbonyl (C=O) groups excluding carboxylic acids is 1. The number of hydrogen-bond donors (Lipinski definition) is 1. The molecule has 5 heteroatoms. The van der Waals surface area contributed by atoms with Crippen LogP contribution in [0.1, 0.15) is 24.1 Å². The van der Waals surface area contributed by atoms with E-state index < -0.39 is 0 Å². The summed E-state index contributed by atoms with van der Waals surface area (Å²) < 4.78 is 6.69. The van der Waals surface area contributed by atoms with Gasteiger partial charge in [-0.15, -0.1) is 6.58 Å². The SMILES string of the molecule is C=CCn1cc(CN[C@H](C(=O)OC)C2CC2)c(C)n1. The molecule has 1 fully saturated rings. The number of methoxy groups -OCH3 is 1. The molecule has 1 atom stereocenters. The summed E-state index contributed by atoms with van der Waals surface area (Å²) in [6, 6.07) is -0.188. The maximum atomic E-state index is 11.7. The Balaban J connectivity index is 1.96. The van der Waals surface area contributed by atoms with E-state index in [1.807, 2.05) is 23.9 Å². The van der Waals surface area contributed by atoms with Crippen LogP contribution < -0.4 is 5.32 Å². The van der Waals surface area contributed by atoms with Crippen LogP contribution in [0, 0.1) is 12.8 Å². The van der Waals surface area contributed by atoms with Gasteiger partial charge in [-0.2, -0.15) is 5.10 Å². The minimum atomic E-state index is -0.188. The predicted molar refractivity (Wildman–Crippen MR) is 72.5 cm³/mol. The van der Waals surface area contributed by atoms with Gasteiger partial charge < -0.3 is 4.74 Å². The van der Waals surface area contributed by atoms with Crippen LogP contribution in [0.3, 0.4) is 0 Å². The molecule has 1 aliphatic rings. The van der Waals surface area contributed by atoms with Gasteiger partial charge in [0.25, 0.3) is 0 Å². The highest BCUT2D eigenvalue weighted by Crippen LogP contribution is 2.33. The van der Waals surface area contributed by atoms with Crippen molar-refractivity contribution < 1.29 is 9.53 Å². The van der Waals surface area contributed by atoms with Gasteiger partial charge in [-0.25, -0.2) is 0 Å². The second-order valence-corrected chi connectivity index (χ2v) is 4.97. The van der Waals surface area contributed by atoms with Gasteiger partial charge in [0.2, 0.25) is 0 Å². The third kappa shape index (κ3) is 3.44. The Kier molecular flexibility index (Phi) is 4.37. The van der Waals surface area contributed by atoms with Crippen molar-refractivity contribution in [3.63, 3.8) is 0 Å². The van der Waals surface area contributed by atoms with Crippen LogP contribution in [0.2, 0.25) is 0 Å². The van der Waals surface area contributed by atoms with E-state index in [0.29, 0.717) is 19.0 Å². The topological polar surface area (TPSA) is 56.2 Å².